The molecular weight excluding hydrogens is 362 g/mol. The predicted octanol–water partition coefficient (Wildman–Crippen LogP) is 3.27. The predicted molar refractivity (Wildman–Crippen MR) is 89.9 cm³/mol. The van der Waals surface area contributed by atoms with Gasteiger partial charge >= 0.3 is 0 Å². The highest BCUT2D eigenvalue weighted by atomic mass is 79.9. The molecular formula is C16H10BrN3O3. The lowest BCUT2D eigenvalue weighted by atomic mass is 10.1. The highest BCUT2D eigenvalue weighted by Crippen LogP contribution is 2.19. The van der Waals surface area contributed by atoms with Crippen molar-refractivity contribution in [3.8, 4) is 0 Å². The van der Waals surface area contributed by atoms with Crippen LogP contribution in [-0.2, 0) is 4.79 Å². The number of non-ortho nitro benzene ring substituents is 1. The summed E-state index contributed by atoms with van der Waals surface area (Å²) in [5, 5.41) is 13.5. The number of carbonyl (C=O) groups excluding carboxylic acids is 1. The SMILES string of the molecule is O=C1NC(c2ccc(Br)cc2)=NC1=Cc1cccc([N+](=O)[O-])c1. The second-order valence-corrected chi connectivity index (χ2v) is 5.72. The summed E-state index contributed by atoms with van der Waals surface area (Å²) in [6.45, 7) is 0. The van der Waals surface area contributed by atoms with E-state index in [-0.39, 0.29) is 17.3 Å². The zero-order valence-corrected chi connectivity index (χ0v) is 13.3. The molecule has 2 aromatic carbocycles. The zero-order valence-electron chi connectivity index (χ0n) is 11.7. The number of aliphatic imine (C=N–C) groups is 1. The number of hydrogen-bond acceptors (Lipinski definition) is 4. The smallest absolute Gasteiger partial charge is 0.275 e. The van der Waals surface area contributed by atoms with Crippen LogP contribution in [0.25, 0.3) is 6.08 Å². The number of halogens is 1. The number of amides is 1. The largest absolute Gasteiger partial charge is 0.305 e. The summed E-state index contributed by atoms with van der Waals surface area (Å²) in [6.07, 6.45) is 1.52. The van der Waals surface area contributed by atoms with Crippen molar-refractivity contribution < 1.29 is 9.72 Å². The molecule has 0 aliphatic carbocycles. The minimum Gasteiger partial charge on any atom is -0.305 e. The Morgan fingerprint density at radius 3 is 2.61 bits per heavy atom. The maximum atomic E-state index is 12.0. The van der Waals surface area contributed by atoms with E-state index in [0.717, 1.165) is 10.0 Å². The quantitative estimate of drug-likeness (QED) is 0.510. The van der Waals surface area contributed by atoms with Crippen LogP contribution < -0.4 is 5.32 Å². The van der Waals surface area contributed by atoms with Crippen molar-refractivity contribution in [2.75, 3.05) is 0 Å². The van der Waals surface area contributed by atoms with Crippen LogP contribution in [0.15, 0.2) is 63.7 Å². The van der Waals surface area contributed by atoms with Crippen LogP contribution in [0.2, 0.25) is 0 Å². The summed E-state index contributed by atoms with van der Waals surface area (Å²) in [5.74, 6) is 0.119. The monoisotopic (exact) mass is 371 g/mol. The lowest BCUT2D eigenvalue weighted by Gasteiger charge is -1.99. The van der Waals surface area contributed by atoms with E-state index in [1.165, 1.54) is 18.2 Å². The molecule has 0 spiro atoms. The van der Waals surface area contributed by atoms with E-state index < -0.39 is 4.92 Å². The van der Waals surface area contributed by atoms with E-state index in [9.17, 15) is 14.9 Å². The van der Waals surface area contributed by atoms with Crippen LogP contribution in [0.3, 0.4) is 0 Å². The standard InChI is InChI=1S/C16H10BrN3O3/c17-12-6-4-11(5-7-12)15-18-14(16(21)19-15)9-10-2-1-3-13(8-10)20(22)23/h1-9H,(H,18,19,21). The Balaban J connectivity index is 1.93. The molecule has 6 nitrogen and oxygen atoms in total. The number of nitrogens with one attached hydrogen (secondary N) is 1. The molecule has 0 unspecified atom stereocenters. The fourth-order valence-corrected chi connectivity index (χ4v) is 2.36. The molecule has 7 heteroatoms. The fraction of sp³-hybridized carbons (Fsp3) is 0. The average Bonchev–Trinajstić information content (AvgIpc) is 2.89. The molecule has 0 atom stereocenters. The Morgan fingerprint density at radius 2 is 1.91 bits per heavy atom. The summed E-state index contributed by atoms with van der Waals surface area (Å²) in [6, 6.07) is 13.4. The van der Waals surface area contributed by atoms with Crippen molar-refractivity contribution in [2.24, 2.45) is 4.99 Å². The zero-order chi connectivity index (χ0) is 16.4. The second kappa shape index (κ2) is 6.13. The topological polar surface area (TPSA) is 84.6 Å². The minimum absolute atomic E-state index is 0.0325. The van der Waals surface area contributed by atoms with Gasteiger partial charge in [0.05, 0.1) is 4.92 Å². The van der Waals surface area contributed by atoms with Crippen molar-refractivity contribution in [3.63, 3.8) is 0 Å². The lowest BCUT2D eigenvalue weighted by Crippen LogP contribution is -2.24. The number of nitrogens with zero attached hydrogens (tertiary/aromatic N) is 2. The van der Waals surface area contributed by atoms with Gasteiger partial charge in [0.2, 0.25) is 0 Å². The van der Waals surface area contributed by atoms with Gasteiger partial charge in [-0.15, -0.1) is 0 Å². The van der Waals surface area contributed by atoms with Crippen molar-refractivity contribution in [1.29, 1.82) is 0 Å². The van der Waals surface area contributed by atoms with Gasteiger partial charge in [0.15, 0.2) is 0 Å². The molecule has 0 fully saturated rings. The highest BCUT2D eigenvalue weighted by Gasteiger charge is 2.21. The third kappa shape index (κ3) is 3.35. The number of amidine groups is 1. The first-order valence-corrected chi connectivity index (χ1v) is 7.44. The molecule has 2 aromatic rings. The molecule has 0 saturated carbocycles. The molecule has 1 aliphatic heterocycles. The summed E-state index contributed by atoms with van der Waals surface area (Å²) >= 11 is 3.35. The van der Waals surface area contributed by atoms with Gasteiger partial charge < -0.3 is 5.32 Å². The molecule has 0 saturated heterocycles. The molecule has 1 amide bonds. The molecule has 114 valence electrons. The van der Waals surface area contributed by atoms with Gasteiger partial charge in [0.1, 0.15) is 11.5 Å². The normalized spacial score (nSPS) is 15.4. The summed E-state index contributed by atoms with van der Waals surface area (Å²) in [7, 11) is 0. The van der Waals surface area contributed by atoms with E-state index >= 15 is 0 Å². The fourth-order valence-electron chi connectivity index (χ4n) is 2.10. The van der Waals surface area contributed by atoms with Crippen molar-refractivity contribution in [2.45, 2.75) is 0 Å². The van der Waals surface area contributed by atoms with E-state index in [4.69, 9.17) is 0 Å². The first-order chi connectivity index (χ1) is 11.0. The minimum atomic E-state index is -0.479. The first kappa shape index (κ1) is 15.1. The van der Waals surface area contributed by atoms with Crippen LogP contribution in [0.1, 0.15) is 11.1 Å². The summed E-state index contributed by atoms with van der Waals surface area (Å²) < 4.78 is 0.929. The number of hydrogen-bond donors (Lipinski definition) is 1. The van der Waals surface area contributed by atoms with Crippen LogP contribution in [0, 0.1) is 10.1 Å². The van der Waals surface area contributed by atoms with E-state index in [2.05, 4.69) is 26.2 Å². The van der Waals surface area contributed by atoms with Crippen molar-refractivity contribution in [1.82, 2.24) is 5.32 Å². The van der Waals surface area contributed by atoms with E-state index in [1.807, 2.05) is 24.3 Å². The van der Waals surface area contributed by atoms with Gasteiger partial charge in [0.25, 0.3) is 11.6 Å². The van der Waals surface area contributed by atoms with Crippen molar-refractivity contribution in [3.05, 3.63) is 79.9 Å². The Bertz CT molecular complexity index is 857. The number of carbonyl (C=O) groups is 1. The maximum absolute atomic E-state index is 12.0. The molecule has 1 aliphatic rings. The van der Waals surface area contributed by atoms with Gasteiger partial charge in [-0.3, -0.25) is 14.9 Å². The summed E-state index contributed by atoms with van der Waals surface area (Å²) in [4.78, 5) is 26.6. The summed E-state index contributed by atoms with van der Waals surface area (Å²) in [5.41, 5.74) is 1.51. The van der Waals surface area contributed by atoms with Crippen LogP contribution in [-0.4, -0.2) is 16.7 Å². The third-order valence-corrected chi connectivity index (χ3v) is 3.73. The molecule has 3 rings (SSSR count). The molecule has 1 N–H and O–H groups in total. The molecule has 0 radical (unpaired) electrons. The van der Waals surface area contributed by atoms with Gasteiger partial charge in [-0.1, -0.05) is 40.2 Å². The Morgan fingerprint density at radius 1 is 1.17 bits per heavy atom. The number of nitro benzene ring substituents is 1. The first-order valence-electron chi connectivity index (χ1n) is 6.65. The maximum Gasteiger partial charge on any atom is 0.275 e. The lowest BCUT2D eigenvalue weighted by molar-refractivity contribution is -0.384. The Labute approximate surface area is 139 Å². The molecule has 1 heterocycles. The van der Waals surface area contributed by atoms with Gasteiger partial charge in [-0.05, 0) is 23.8 Å². The van der Waals surface area contributed by atoms with E-state index in [1.54, 1.807) is 12.1 Å². The average molecular weight is 372 g/mol. The molecule has 23 heavy (non-hydrogen) atoms. The van der Waals surface area contributed by atoms with E-state index in [0.29, 0.717) is 11.4 Å². The van der Waals surface area contributed by atoms with Gasteiger partial charge in [-0.2, -0.15) is 0 Å². The Hall–Kier alpha value is -2.80. The van der Waals surface area contributed by atoms with Crippen molar-refractivity contribution >= 4 is 39.4 Å². The Kier molecular flexibility index (Phi) is 4.03. The number of rotatable bonds is 3. The molecule has 0 aromatic heterocycles. The highest BCUT2D eigenvalue weighted by molar-refractivity contribution is 9.10. The number of benzene rings is 2. The second-order valence-electron chi connectivity index (χ2n) is 4.80. The van der Waals surface area contributed by atoms with Gasteiger partial charge in [0, 0.05) is 22.2 Å². The molecule has 0 bridgehead atoms. The van der Waals surface area contributed by atoms with Gasteiger partial charge in [-0.25, -0.2) is 4.99 Å². The van der Waals surface area contributed by atoms with Crippen LogP contribution in [0.4, 0.5) is 5.69 Å². The number of nitro groups is 1. The third-order valence-electron chi connectivity index (χ3n) is 3.20. The van der Waals surface area contributed by atoms with Crippen LogP contribution >= 0.6 is 15.9 Å². The van der Waals surface area contributed by atoms with Crippen LogP contribution in [0.5, 0.6) is 0 Å².